The summed E-state index contributed by atoms with van der Waals surface area (Å²) >= 11 is 0. The second kappa shape index (κ2) is 5.16. The first-order chi connectivity index (χ1) is 9.25. The van der Waals surface area contributed by atoms with Gasteiger partial charge in [0.2, 0.25) is 11.7 Å². The third kappa shape index (κ3) is 2.42. The van der Waals surface area contributed by atoms with E-state index in [-0.39, 0.29) is 11.6 Å². The van der Waals surface area contributed by atoms with Gasteiger partial charge in [-0.25, -0.2) is 4.68 Å². The van der Waals surface area contributed by atoms with E-state index in [1.54, 1.807) is 0 Å². The Morgan fingerprint density at radius 2 is 2.16 bits per heavy atom. The molecule has 1 saturated heterocycles. The number of hydrogen-bond donors (Lipinski definition) is 1. The summed E-state index contributed by atoms with van der Waals surface area (Å²) in [5.74, 6) is -1.05. The van der Waals surface area contributed by atoms with Crippen LogP contribution in [0.5, 0.6) is 5.88 Å². The zero-order chi connectivity index (χ0) is 13.2. The Morgan fingerprint density at radius 3 is 2.89 bits per heavy atom. The highest BCUT2D eigenvalue weighted by Crippen LogP contribution is 2.24. The van der Waals surface area contributed by atoms with Gasteiger partial charge in [-0.05, 0) is 25.9 Å². The quantitative estimate of drug-likeness (QED) is 0.850. The highest BCUT2D eigenvalue weighted by atomic mass is 19.1. The molecule has 1 fully saturated rings. The zero-order valence-corrected chi connectivity index (χ0v) is 10.7. The van der Waals surface area contributed by atoms with Crippen LogP contribution in [0.25, 0.3) is 0 Å². The molecule has 1 N–H and O–H groups in total. The minimum atomic E-state index is -0.656. The lowest BCUT2D eigenvalue weighted by Crippen LogP contribution is -2.34. The Morgan fingerprint density at radius 1 is 1.37 bits per heavy atom. The van der Waals surface area contributed by atoms with Crippen LogP contribution in [0.2, 0.25) is 0 Å². The highest BCUT2D eigenvalue weighted by Gasteiger charge is 2.27. The average molecular weight is 268 g/mol. The molecule has 0 aromatic carbocycles. The van der Waals surface area contributed by atoms with Crippen molar-refractivity contribution in [2.75, 3.05) is 32.8 Å². The zero-order valence-electron chi connectivity index (χ0n) is 10.7. The Balaban J connectivity index is 1.55. The molecular weight excluding hydrogens is 251 g/mol. The summed E-state index contributed by atoms with van der Waals surface area (Å²) in [4.78, 5) is 14.1. The lowest BCUT2D eigenvalue weighted by molar-refractivity contribution is 0.0939. The van der Waals surface area contributed by atoms with Crippen molar-refractivity contribution < 1.29 is 13.9 Å². The first kappa shape index (κ1) is 12.4. The normalized spacial score (nSPS) is 18.4. The number of nitrogens with zero attached hydrogens (tertiary/aromatic N) is 3. The number of carbonyl (C=O) groups excluding carboxylic acids is 1. The van der Waals surface area contributed by atoms with Crippen LogP contribution >= 0.6 is 0 Å². The molecular formula is C12H17FN4O2. The summed E-state index contributed by atoms with van der Waals surface area (Å²) in [7, 11) is 0. The van der Waals surface area contributed by atoms with Crippen molar-refractivity contribution in [2.45, 2.75) is 19.4 Å². The average Bonchev–Trinajstić information content (AvgIpc) is 3.09. The van der Waals surface area contributed by atoms with E-state index in [9.17, 15) is 9.18 Å². The second-order valence-electron chi connectivity index (χ2n) is 4.84. The molecule has 7 heteroatoms. The van der Waals surface area contributed by atoms with Crippen molar-refractivity contribution in [1.29, 1.82) is 0 Å². The number of ether oxygens (including phenoxy) is 1. The number of nitrogens with one attached hydrogen (secondary N) is 1. The van der Waals surface area contributed by atoms with Gasteiger partial charge < -0.3 is 15.0 Å². The number of aromatic nitrogens is 2. The Hall–Kier alpha value is -1.63. The summed E-state index contributed by atoms with van der Waals surface area (Å²) in [5, 5.41) is 6.64. The van der Waals surface area contributed by atoms with Gasteiger partial charge in [-0.3, -0.25) is 4.79 Å². The van der Waals surface area contributed by atoms with Crippen LogP contribution in [0.1, 0.15) is 23.3 Å². The fourth-order valence-corrected chi connectivity index (χ4v) is 2.51. The van der Waals surface area contributed by atoms with Crippen molar-refractivity contribution in [3.05, 3.63) is 11.5 Å². The van der Waals surface area contributed by atoms with E-state index in [4.69, 9.17) is 4.74 Å². The number of rotatable bonds is 4. The molecule has 0 unspecified atom stereocenters. The Kier molecular flexibility index (Phi) is 3.37. The first-order valence-corrected chi connectivity index (χ1v) is 6.65. The molecule has 3 heterocycles. The molecule has 1 aromatic rings. The van der Waals surface area contributed by atoms with E-state index in [2.05, 4.69) is 15.3 Å². The molecule has 3 rings (SSSR count). The predicted molar refractivity (Wildman–Crippen MR) is 65.7 cm³/mol. The van der Waals surface area contributed by atoms with E-state index in [0.29, 0.717) is 19.7 Å². The summed E-state index contributed by atoms with van der Waals surface area (Å²) in [6.45, 7) is 4.38. The van der Waals surface area contributed by atoms with Crippen LogP contribution in [0.4, 0.5) is 4.39 Å². The smallest absolute Gasteiger partial charge is 0.275 e. The fourth-order valence-electron chi connectivity index (χ4n) is 2.51. The van der Waals surface area contributed by atoms with Gasteiger partial charge in [0.1, 0.15) is 6.61 Å². The summed E-state index contributed by atoms with van der Waals surface area (Å²) in [6, 6.07) is 0. The van der Waals surface area contributed by atoms with Gasteiger partial charge in [0, 0.05) is 13.1 Å². The van der Waals surface area contributed by atoms with Crippen LogP contribution in [-0.4, -0.2) is 53.4 Å². The maximum absolute atomic E-state index is 13.8. The SMILES string of the molecule is O=C(NCCN1CCCC1)c1nn2c(c1F)OCC2. The molecule has 0 bridgehead atoms. The van der Waals surface area contributed by atoms with Crippen LogP contribution in [-0.2, 0) is 6.54 Å². The van der Waals surface area contributed by atoms with Gasteiger partial charge in [-0.2, -0.15) is 9.49 Å². The summed E-state index contributed by atoms with van der Waals surface area (Å²) in [5.41, 5.74) is -0.170. The third-order valence-corrected chi connectivity index (χ3v) is 3.52. The number of amides is 1. The number of likely N-dealkylation sites (tertiary alicyclic amines) is 1. The molecule has 19 heavy (non-hydrogen) atoms. The molecule has 6 nitrogen and oxygen atoms in total. The van der Waals surface area contributed by atoms with Crippen molar-refractivity contribution in [2.24, 2.45) is 0 Å². The lowest BCUT2D eigenvalue weighted by Gasteiger charge is -2.14. The van der Waals surface area contributed by atoms with Crippen molar-refractivity contribution in [3.63, 3.8) is 0 Å². The van der Waals surface area contributed by atoms with E-state index in [0.717, 1.165) is 19.6 Å². The highest BCUT2D eigenvalue weighted by molar-refractivity contribution is 5.92. The topological polar surface area (TPSA) is 59.4 Å². The molecule has 0 aliphatic carbocycles. The molecule has 2 aliphatic rings. The number of fused-ring (bicyclic) bond motifs is 1. The lowest BCUT2D eigenvalue weighted by atomic mass is 10.4. The largest absolute Gasteiger partial charge is 0.474 e. The molecule has 1 aromatic heterocycles. The monoisotopic (exact) mass is 268 g/mol. The van der Waals surface area contributed by atoms with E-state index >= 15 is 0 Å². The molecule has 2 aliphatic heterocycles. The van der Waals surface area contributed by atoms with Crippen LogP contribution in [0.15, 0.2) is 0 Å². The molecule has 0 radical (unpaired) electrons. The molecule has 104 valence electrons. The van der Waals surface area contributed by atoms with Gasteiger partial charge in [0.25, 0.3) is 5.91 Å². The van der Waals surface area contributed by atoms with Gasteiger partial charge in [0.05, 0.1) is 6.54 Å². The molecule has 0 saturated carbocycles. The van der Waals surface area contributed by atoms with Gasteiger partial charge >= 0.3 is 0 Å². The molecule has 1 amide bonds. The third-order valence-electron chi connectivity index (χ3n) is 3.52. The standard InChI is InChI=1S/C12H17FN4O2/c13-9-10(15-17-7-8-19-12(9)17)11(18)14-3-6-16-4-1-2-5-16/h1-8H2,(H,14,18). The van der Waals surface area contributed by atoms with E-state index in [1.165, 1.54) is 17.5 Å². The van der Waals surface area contributed by atoms with Crippen molar-refractivity contribution in [1.82, 2.24) is 20.0 Å². The van der Waals surface area contributed by atoms with Gasteiger partial charge in [-0.1, -0.05) is 0 Å². The van der Waals surface area contributed by atoms with E-state index in [1.807, 2.05) is 0 Å². The molecule has 0 spiro atoms. The Bertz CT molecular complexity index is 482. The summed E-state index contributed by atoms with van der Waals surface area (Å²) in [6.07, 6.45) is 2.43. The minimum absolute atomic E-state index is 0.0738. The van der Waals surface area contributed by atoms with E-state index < -0.39 is 11.7 Å². The van der Waals surface area contributed by atoms with Crippen molar-refractivity contribution >= 4 is 5.91 Å². The van der Waals surface area contributed by atoms with Gasteiger partial charge in [-0.15, -0.1) is 0 Å². The maximum atomic E-state index is 13.8. The van der Waals surface area contributed by atoms with Gasteiger partial charge in [0.15, 0.2) is 5.69 Å². The molecule has 0 atom stereocenters. The Labute approximate surface area is 110 Å². The maximum Gasteiger partial charge on any atom is 0.275 e. The van der Waals surface area contributed by atoms with Crippen LogP contribution in [0, 0.1) is 5.82 Å². The number of carbonyl (C=O) groups is 1. The number of hydrogen-bond acceptors (Lipinski definition) is 4. The first-order valence-electron chi connectivity index (χ1n) is 6.65. The second-order valence-corrected chi connectivity index (χ2v) is 4.84. The van der Waals surface area contributed by atoms with Crippen molar-refractivity contribution in [3.8, 4) is 5.88 Å². The van der Waals surface area contributed by atoms with Crippen LogP contribution in [0.3, 0.4) is 0 Å². The minimum Gasteiger partial charge on any atom is -0.474 e. The fraction of sp³-hybridized carbons (Fsp3) is 0.667. The van der Waals surface area contributed by atoms with Crippen LogP contribution < -0.4 is 10.1 Å². The predicted octanol–water partition coefficient (Wildman–Crippen LogP) is 0.240. The summed E-state index contributed by atoms with van der Waals surface area (Å²) < 4.78 is 20.3. The number of halogens is 1.